The number of carbonyl (C=O) groups is 1. The monoisotopic (exact) mass is 352 g/mol. The Bertz CT molecular complexity index is 1330. The number of carbonyl (C=O) groups excluding carboxylic acids is 1. The fourth-order valence-electron chi connectivity index (χ4n) is 3.66. The third-order valence-electron chi connectivity index (χ3n) is 4.95. The first-order valence-corrected chi connectivity index (χ1v) is 8.78. The lowest BCUT2D eigenvalue weighted by Gasteiger charge is -2.08. The predicted molar refractivity (Wildman–Crippen MR) is 108 cm³/mol. The van der Waals surface area contributed by atoms with E-state index in [1.165, 1.54) is 0 Å². The standard InChI is InChI=1S/C24H16O3/c1-26-17-9-6-8-16(13-17)23(25)20-14-15-7-2-3-10-18(15)24-22(20)19-11-4-5-12-21(19)27-24/h2-14H,1H3. The van der Waals surface area contributed by atoms with Gasteiger partial charge in [-0.15, -0.1) is 0 Å². The van der Waals surface area contributed by atoms with Gasteiger partial charge in [0, 0.05) is 27.3 Å². The largest absolute Gasteiger partial charge is 0.497 e. The van der Waals surface area contributed by atoms with Crippen molar-refractivity contribution in [2.45, 2.75) is 0 Å². The van der Waals surface area contributed by atoms with Crippen LogP contribution in [-0.4, -0.2) is 12.9 Å². The van der Waals surface area contributed by atoms with Gasteiger partial charge in [0.25, 0.3) is 0 Å². The Balaban J connectivity index is 1.88. The summed E-state index contributed by atoms with van der Waals surface area (Å²) in [5.74, 6) is 0.617. The summed E-state index contributed by atoms with van der Waals surface area (Å²) in [5.41, 5.74) is 2.77. The molecule has 3 nitrogen and oxygen atoms in total. The highest BCUT2D eigenvalue weighted by Gasteiger charge is 2.20. The van der Waals surface area contributed by atoms with E-state index in [0.29, 0.717) is 16.9 Å². The minimum atomic E-state index is -0.0452. The van der Waals surface area contributed by atoms with Crippen LogP contribution in [0.4, 0.5) is 0 Å². The van der Waals surface area contributed by atoms with Crippen LogP contribution in [0.3, 0.4) is 0 Å². The summed E-state index contributed by atoms with van der Waals surface area (Å²) in [7, 11) is 1.60. The summed E-state index contributed by atoms with van der Waals surface area (Å²) >= 11 is 0. The highest BCUT2D eigenvalue weighted by Crippen LogP contribution is 2.37. The second-order valence-electron chi connectivity index (χ2n) is 6.51. The summed E-state index contributed by atoms with van der Waals surface area (Å²) in [6.07, 6.45) is 0. The van der Waals surface area contributed by atoms with Gasteiger partial charge in [0.1, 0.15) is 16.9 Å². The molecule has 0 bridgehead atoms. The number of rotatable bonds is 3. The molecule has 0 N–H and O–H groups in total. The molecule has 5 aromatic rings. The van der Waals surface area contributed by atoms with Crippen molar-refractivity contribution in [3.63, 3.8) is 0 Å². The van der Waals surface area contributed by atoms with Gasteiger partial charge < -0.3 is 9.15 Å². The van der Waals surface area contributed by atoms with E-state index in [2.05, 4.69) is 0 Å². The van der Waals surface area contributed by atoms with Crippen molar-refractivity contribution < 1.29 is 13.9 Å². The number of hydrogen-bond acceptors (Lipinski definition) is 3. The minimum absolute atomic E-state index is 0.0452. The Morgan fingerprint density at radius 3 is 2.48 bits per heavy atom. The van der Waals surface area contributed by atoms with E-state index in [1.807, 2.05) is 72.8 Å². The molecule has 0 amide bonds. The van der Waals surface area contributed by atoms with Crippen molar-refractivity contribution in [2.24, 2.45) is 0 Å². The molecular formula is C24H16O3. The number of benzene rings is 4. The first kappa shape index (κ1) is 15.6. The predicted octanol–water partition coefficient (Wildman–Crippen LogP) is 5.98. The summed E-state index contributed by atoms with van der Waals surface area (Å²) in [6.45, 7) is 0. The Morgan fingerprint density at radius 2 is 1.63 bits per heavy atom. The number of methoxy groups -OCH3 is 1. The first-order chi connectivity index (χ1) is 13.3. The van der Waals surface area contributed by atoms with E-state index in [9.17, 15) is 4.79 Å². The Labute approximate surface area is 155 Å². The maximum absolute atomic E-state index is 13.4. The molecule has 0 aliphatic rings. The van der Waals surface area contributed by atoms with Crippen molar-refractivity contribution in [1.29, 1.82) is 0 Å². The molecule has 1 aromatic heterocycles. The maximum Gasteiger partial charge on any atom is 0.193 e. The van der Waals surface area contributed by atoms with Gasteiger partial charge >= 0.3 is 0 Å². The molecule has 27 heavy (non-hydrogen) atoms. The molecule has 0 spiro atoms. The fraction of sp³-hybridized carbons (Fsp3) is 0.0417. The molecule has 0 radical (unpaired) electrons. The fourth-order valence-corrected chi connectivity index (χ4v) is 3.66. The van der Waals surface area contributed by atoms with Gasteiger partial charge in [-0.25, -0.2) is 0 Å². The van der Waals surface area contributed by atoms with Crippen molar-refractivity contribution in [3.05, 3.63) is 90.0 Å². The zero-order valence-corrected chi connectivity index (χ0v) is 14.7. The Morgan fingerprint density at radius 1 is 0.852 bits per heavy atom. The molecule has 0 aliphatic carbocycles. The van der Waals surface area contributed by atoms with E-state index < -0.39 is 0 Å². The van der Waals surface area contributed by atoms with Crippen LogP contribution in [0, 0.1) is 0 Å². The average Bonchev–Trinajstić information content (AvgIpc) is 3.12. The molecule has 130 valence electrons. The second-order valence-corrected chi connectivity index (χ2v) is 6.51. The van der Waals surface area contributed by atoms with Crippen molar-refractivity contribution >= 4 is 38.5 Å². The maximum atomic E-state index is 13.4. The molecule has 4 aromatic carbocycles. The number of hydrogen-bond donors (Lipinski definition) is 0. The molecular weight excluding hydrogens is 336 g/mol. The molecule has 0 saturated heterocycles. The van der Waals surface area contributed by atoms with Crippen LogP contribution in [-0.2, 0) is 0 Å². The lowest BCUT2D eigenvalue weighted by Crippen LogP contribution is -2.02. The topological polar surface area (TPSA) is 39.4 Å². The SMILES string of the molecule is COc1cccc(C(=O)c2cc3ccccc3c3oc4ccccc4c23)c1. The molecule has 0 atom stereocenters. The minimum Gasteiger partial charge on any atom is -0.497 e. The smallest absolute Gasteiger partial charge is 0.193 e. The number of fused-ring (bicyclic) bond motifs is 5. The number of furan rings is 1. The number of para-hydroxylation sites is 1. The van der Waals surface area contributed by atoms with Gasteiger partial charge in [-0.3, -0.25) is 4.79 Å². The molecule has 0 saturated carbocycles. The molecule has 1 heterocycles. The van der Waals surface area contributed by atoms with Gasteiger partial charge in [-0.05, 0) is 29.7 Å². The highest BCUT2D eigenvalue weighted by molar-refractivity contribution is 6.26. The Hall–Kier alpha value is -3.59. The van der Waals surface area contributed by atoms with E-state index in [-0.39, 0.29) is 5.78 Å². The van der Waals surface area contributed by atoms with Gasteiger partial charge in [-0.2, -0.15) is 0 Å². The van der Waals surface area contributed by atoms with Crippen LogP contribution in [0.15, 0.2) is 83.3 Å². The van der Waals surface area contributed by atoms with Crippen LogP contribution < -0.4 is 4.74 Å². The van der Waals surface area contributed by atoms with Crippen molar-refractivity contribution in [1.82, 2.24) is 0 Å². The third-order valence-corrected chi connectivity index (χ3v) is 4.95. The summed E-state index contributed by atoms with van der Waals surface area (Å²) in [6, 6.07) is 25.0. The Kier molecular flexibility index (Phi) is 3.47. The third kappa shape index (κ3) is 2.40. The molecule has 0 aliphatic heterocycles. The van der Waals surface area contributed by atoms with Crippen LogP contribution in [0.2, 0.25) is 0 Å². The summed E-state index contributed by atoms with van der Waals surface area (Å²) in [4.78, 5) is 13.4. The summed E-state index contributed by atoms with van der Waals surface area (Å²) in [5, 5.41) is 3.79. The first-order valence-electron chi connectivity index (χ1n) is 8.78. The quantitative estimate of drug-likeness (QED) is 0.375. The molecule has 5 rings (SSSR count). The van der Waals surface area contributed by atoms with Gasteiger partial charge in [-0.1, -0.05) is 54.6 Å². The average molecular weight is 352 g/mol. The van der Waals surface area contributed by atoms with Gasteiger partial charge in [0.2, 0.25) is 0 Å². The molecule has 0 unspecified atom stereocenters. The number of ether oxygens (including phenoxy) is 1. The van der Waals surface area contributed by atoms with Gasteiger partial charge in [0.15, 0.2) is 5.78 Å². The van der Waals surface area contributed by atoms with E-state index in [1.54, 1.807) is 13.2 Å². The lowest BCUT2D eigenvalue weighted by atomic mass is 9.94. The highest BCUT2D eigenvalue weighted by atomic mass is 16.5. The molecule has 0 fully saturated rings. The van der Waals surface area contributed by atoms with Gasteiger partial charge in [0.05, 0.1) is 7.11 Å². The zero-order chi connectivity index (χ0) is 18.4. The van der Waals surface area contributed by atoms with Crippen LogP contribution >= 0.6 is 0 Å². The van der Waals surface area contributed by atoms with Crippen molar-refractivity contribution in [2.75, 3.05) is 7.11 Å². The van der Waals surface area contributed by atoms with E-state index in [4.69, 9.17) is 9.15 Å². The van der Waals surface area contributed by atoms with Crippen LogP contribution in [0.5, 0.6) is 5.75 Å². The van der Waals surface area contributed by atoms with Crippen molar-refractivity contribution in [3.8, 4) is 5.75 Å². The second kappa shape index (κ2) is 5.99. The molecule has 3 heteroatoms. The lowest BCUT2D eigenvalue weighted by molar-refractivity contribution is 0.104. The zero-order valence-electron chi connectivity index (χ0n) is 14.7. The summed E-state index contributed by atoms with van der Waals surface area (Å²) < 4.78 is 11.4. The normalized spacial score (nSPS) is 11.3. The van der Waals surface area contributed by atoms with Crippen LogP contribution in [0.1, 0.15) is 15.9 Å². The van der Waals surface area contributed by atoms with E-state index >= 15 is 0 Å². The van der Waals surface area contributed by atoms with E-state index in [0.717, 1.165) is 32.7 Å². The number of ketones is 1. The van der Waals surface area contributed by atoms with Crippen LogP contribution in [0.25, 0.3) is 32.7 Å².